The van der Waals surface area contributed by atoms with Crippen molar-refractivity contribution in [2.24, 2.45) is 0 Å². The maximum absolute atomic E-state index is 11.5. The van der Waals surface area contributed by atoms with Crippen LogP contribution in [-0.4, -0.2) is 40.8 Å². The fraction of sp³-hybridized carbons (Fsp3) is 0.583. The van der Waals surface area contributed by atoms with Crippen LogP contribution in [0, 0.1) is 0 Å². The first kappa shape index (κ1) is 13.4. The lowest BCUT2D eigenvalue weighted by molar-refractivity contribution is -0.142. The van der Waals surface area contributed by atoms with Crippen molar-refractivity contribution in [3.63, 3.8) is 0 Å². The number of hydrogen-bond acceptors (Lipinski definition) is 6. The number of rotatable bonds is 5. The summed E-state index contributed by atoms with van der Waals surface area (Å²) < 4.78 is 10.1. The average Bonchev–Trinajstić information content (AvgIpc) is 2.88. The smallest absolute Gasteiger partial charge is 0.329 e. The number of aromatic nitrogens is 2. The average molecular weight is 267 g/mol. The Labute approximate surface area is 111 Å². The van der Waals surface area contributed by atoms with Crippen molar-refractivity contribution < 1.29 is 19.4 Å². The Balaban J connectivity index is 2.28. The van der Waals surface area contributed by atoms with Crippen LogP contribution >= 0.6 is 0 Å². The van der Waals surface area contributed by atoms with Gasteiger partial charge in [-0.2, -0.15) is 9.97 Å². The second-order valence-electron chi connectivity index (χ2n) is 4.50. The topological polar surface area (TPSA) is 93.6 Å². The van der Waals surface area contributed by atoms with Crippen molar-refractivity contribution in [3.8, 4) is 11.8 Å². The minimum absolute atomic E-state index is 0.209. The van der Waals surface area contributed by atoms with Crippen LogP contribution in [0.5, 0.6) is 11.8 Å². The van der Waals surface area contributed by atoms with Gasteiger partial charge < -0.3 is 19.9 Å². The van der Waals surface area contributed by atoms with E-state index in [-0.39, 0.29) is 5.95 Å². The third kappa shape index (κ3) is 2.69. The highest BCUT2D eigenvalue weighted by Gasteiger charge is 2.42. The molecule has 0 radical (unpaired) electrons. The molecule has 0 atom stereocenters. The van der Waals surface area contributed by atoms with E-state index in [4.69, 9.17) is 9.47 Å². The SMILES string of the molecule is COc1cc(OC)nc(NC2(C(=O)O)CCCC2)n1. The maximum Gasteiger partial charge on any atom is 0.329 e. The molecule has 1 aliphatic rings. The van der Waals surface area contributed by atoms with Crippen molar-refractivity contribution >= 4 is 11.9 Å². The van der Waals surface area contributed by atoms with E-state index in [0.29, 0.717) is 24.6 Å². The van der Waals surface area contributed by atoms with Gasteiger partial charge in [-0.25, -0.2) is 4.79 Å². The molecule has 0 bridgehead atoms. The van der Waals surface area contributed by atoms with Gasteiger partial charge in [0.25, 0.3) is 0 Å². The molecule has 104 valence electrons. The van der Waals surface area contributed by atoms with Crippen LogP contribution in [-0.2, 0) is 4.79 Å². The Hall–Kier alpha value is -2.05. The molecule has 2 rings (SSSR count). The van der Waals surface area contributed by atoms with Crippen molar-refractivity contribution in [2.75, 3.05) is 19.5 Å². The molecule has 0 aromatic carbocycles. The van der Waals surface area contributed by atoms with E-state index >= 15 is 0 Å². The van der Waals surface area contributed by atoms with Crippen molar-refractivity contribution in [2.45, 2.75) is 31.2 Å². The molecule has 0 amide bonds. The van der Waals surface area contributed by atoms with E-state index in [1.54, 1.807) is 0 Å². The Morgan fingerprint density at radius 1 is 1.26 bits per heavy atom. The summed E-state index contributed by atoms with van der Waals surface area (Å²) in [5.41, 5.74) is -0.989. The highest BCUT2D eigenvalue weighted by atomic mass is 16.5. The molecular weight excluding hydrogens is 250 g/mol. The van der Waals surface area contributed by atoms with Crippen molar-refractivity contribution in [1.82, 2.24) is 9.97 Å². The standard InChI is InChI=1S/C12H17N3O4/c1-18-8-7-9(19-2)14-11(13-8)15-12(10(16)17)5-3-4-6-12/h7H,3-6H2,1-2H3,(H,16,17)(H,13,14,15). The second-order valence-corrected chi connectivity index (χ2v) is 4.50. The normalized spacial score (nSPS) is 16.9. The molecule has 7 nitrogen and oxygen atoms in total. The fourth-order valence-corrected chi connectivity index (χ4v) is 2.25. The van der Waals surface area contributed by atoms with Crippen LogP contribution in [0.15, 0.2) is 6.07 Å². The van der Waals surface area contributed by atoms with Gasteiger partial charge in [0, 0.05) is 0 Å². The number of carbonyl (C=O) groups is 1. The lowest BCUT2D eigenvalue weighted by atomic mass is 9.98. The van der Waals surface area contributed by atoms with Gasteiger partial charge in [0.05, 0.1) is 20.3 Å². The summed E-state index contributed by atoms with van der Waals surface area (Å²) in [5, 5.41) is 12.3. The minimum atomic E-state index is -0.989. The molecule has 0 spiro atoms. The fourth-order valence-electron chi connectivity index (χ4n) is 2.25. The molecule has 7 heteroatoms. The van der Waals surface area contributed by atoms with Gasteiger partial charge in [0.15, 0.2) is 0 Å². The molecule has 1 saturated carbocycles. The van der Waals surface area contributed by atoms with Gasteiger partial charge in [-0.05, 0) is 12.8 Å². The lowest BCUT2D eigenvalue weighted by Gasteiger charge is -2.25. The Kier molecular flexibility index (Phi) is 3.73. The molecule has 1 aliphatic carbocycles. The van der Waals surface area contributed by atoms with Gasteiger partial charge in [-0.1, -0.05) is 12.8 Å². The number of hydrogen-bond donors (Lipinski definition) is 2. The van der Waals surface area contributed by atoms with E-state index in [1.807, 2.05) is 0 Å². The highest BCUT2D eigenvalue weighted by Crippen LogP contribution is 2.33. The Morgan fingerprint density at radius 2 is 1.79 bits per heavy atom. The Bertz CT molecular complexity index is 450. The number of carboxylic acid groups (broad SMARTS) is 1. The van der Waals surface area contributed by atoms with E-state index in [0.717, 1.165) is 12.8 Å². The molecule has 1 heterocycles. The molecule has 1 aromatic heterocycles. The van der Waals surface area contributed by atoms with Crippen LogP contribution in [0.25, 0.3) is 0 Å². The third-order valence-corrected chi connectivity index (χ3v) is 3.31. The predicted molar refractivity (Wildman–Crippen MR) is 67.6 cm³/mol. The molecule has 19 heavy (non-hydrogen) atoms. The summed E-state index contributed by atoms with van der Waals surface area (Å²) in [4.78, 5) is 19.7. The second kappa shape index (κ2) is 5.29. The summed E-state index contributed by atoms with van der Waals surface area (Å²) in [6.07, 6.45) is 2.87. The van der Waals surface area contributed by atoms with Gasteiger partial charge >= 0.3 is 5.97 Å². The predicted octanol–water partition coefficient (Wildman–Crippen LogP) is 1.30. The number of nitrogens with one attached hydrogen (secondary N) is 1. The zero-order valence-corrected chi connectivity index (χ0v) is 11.0. The first-order valence-corrected chi connectivity index (χ1v) is 6.08. The molecule has 1 fully saturated rings. The monoisotopic (exact) mass is 267 g/mol. The largest absolute Gasteiger partial charge is 0.481 e. The van der Waals surface area contributed by atoms with Crippen LogP contribution in [0.1, 0.15) is 25.7 Å². The summed E-state index contributed by atoms with van der Waals surface area (Å²) in [6.45, 7) is 0. The molecule has 2 N–H and O–H groups in total. The van der Waals surface area contributed by atoms with Gasteiger partial charge in [-0.15, -0.1) is 0 Å². The van der Waals surface area contributed by atoms with Crippen LogP contribution in [0.2, 0.25) is 0 Å². The number of methoxy groups -OCH3 is 2. The van der Waals surface area contributed by atoms with Crippen LogP contribution in [0.3, 0.4) is 0 Å². The van der Waals surface area contributed by atoms with E-state index in [9.17, 15) is 9.90 Å². The molecule has 0 saturated heterocycles. The van der Waals surface area contributed by atoms with Crippen molar-refractivity contribution in [3.05, 3.63) is 6.07 Å². The number of nitrogens with zero attached hydrogens (tertiary/aromatic N) is 2. The van der Waals surface area contributed by atoms with Gasteiger partial charge in [-0.3, -0.25) is 0 Å². The van der Waals surface area contributed by atoms with E-state index in [2.05, 4.69) is 15.3 Å². The summed E-state index contributed by atoms with van der Waals surface area (Å²) in [5.74, 6) is -0.0170. The summed E-state index contributed by atoms with van der Waals surface area (Å²) >= 11 is 0. The number of anilines is 1. The van der Waals surface area contributed by atoms with E-state index < -0.39 is 11.5 Å². The van der Waals surface area contributed by atoms with Gasteiger partial charge in [0.1, 0.15) is 5.54 Å². The number of carboxylic acids is 1. The summed E-state index contributed by atoms with van der Waals surface area (Å²) in [7, 11) is 2.96. The summed E-state index contributed by atoms with van der Waals surface area (Å²) in [6, 6.07) is 1.53. The van der Waals surface area contributed by atoms with Gasteiger partial charge in [0.2, 0.25) is 17.7 Å². The highest BCUT2D eigenvalue weighted by molar-refractivity contribution is 5.82. The number of ether oxygens (including phenoxy) is 2. The zero-order valence-electron chi connectivity index (χ0n) is 11.0. The quantitative estimate of drug-likeness (QED) is 0.830. The Morgan fingerprint density at radius 3 is 2.21 bits per heavy atom. The number of aliphatic carboxylic acids is 1. The van der Waals surface area contributed by atoms with E-state index in [1.165, 1.54) is 20.3 Å². The van der Waals surface area contributed by atoms with Crippen molar-refractivity contribution in [1.29, 1.82) is 0 Å². The minimum Gasteiger partial charge on any atom is -0.481 e. The molecular formula is C12H17N3O4. The lowest BCUT2D eigenvalue weighted by Crippen LogP contribution is -2.44. The van der Waals surface area contributed by atoms with Crippen LogP contribution in [0.4, 0.5) is 5.95 Å². The maximum atomic E-state index is 11.5. The third-order valence-electron chi connectivity index (χ3n) is 3.31. The molecule has 0 unspecified atom stereocenters. The first-order valence-electron chi connectivity index (χ1n) is 6.08. The van der Waals surface area contributed by atoms with Crippen LogP contribution < -0.4 is 14.8 Å². The molecule has 0 aliphatic heterocycles. The first-order chi connectivity index (χ1) is 9.09. The zero-order chi connectivity index (χ0) is 13.9. The molecule has 1 aromatic rings.